The van der Waals surface area contributed by atoms with E-state index in [9.17, 15) is 9.18 Å². The first-order valence-electron chi connectivity index (χ1n) is 8.02. The molecule has 0 heterocycles. The highest BCUT2D eigenvalue weighted by molar-refractivity contribution is 5.76. The lowest BCUT2D eigenvalue weighted by molar-refractivity contribution is -0.120. The largest absolute Gasteiger partial charge is 0.385 e. The minimum atomic E-state index is -0.223. The Morgan fingerprint density at radius 3 is 2.48 bits per heavy atom. The maximum absolute atomic E-state index is 13.4. The highest BCUT2D eigenvalue weighted by Gasteiger charge is 2.03. The molecule has 2 N–H and O–H groups in total. The van der Waals surface area contributed by atoms with E-state index in [1.165, 1.54) is 11.6 Å². The highest BCUT2D eigenvalue weighted by atomic mass is 19.1. The quantitative estimate of drug-likeness (QED) is 0.782. The predicted molar refractivity (Wildman–Crippen MR) is 92.0 cm³/mol. The second-order valence-electron chi connectivity index (χ2n) is 5.42. The number of amides is 1. The lowest BCUT2D eigenvalue weighted by atomic mass is 10.1. The van der Waals surface area contributed by atoms with Crippen molar-refractivity contribution in [2.75, 3.05) is 18.4 Å². The minimum absolute atomic E-state index is 0.0287. The summed E-state index contributed by atoms with van der Waals surface area (Å²) in [6.45, 7) is 3.15. The van der Waals surface area contributed by atoms with Gasteiger partial charge in [-0.25, -0.2) is 4.39 Å². The number of aryl methyl sites for hydroxylation is 1. The standard InChI is InChI=1S/C19H23FN2O/c1-2-15-7-9-17(10-8-15)21-14-12-19(23)22-13-11-16-5-3-4-6-18(16)20/h3-10,21H,2,11-14H2,1H3,(H,22,23). The molecule has 1 amide bonds. The van der Waals surface area contributed by atoms with Crippen LogP contribution in [0.25, 0.3) is 0 Å². The van der Waals surface area contributed by atoms with Gasteiger partial charge in [-0.15, -0.1) is 0 Å². The van der Waals surface area contributed by atoms with Gasteiger partial charge in [0.05, 0.1) is 0 Å². The van der Waals surface area contributed by atoms with Gasteiger partial charge >= 0.3 is 0 Å². The molecule has 0 aliphatic heterocycles. The highest BCUT2D eigenvalue weighted by Crippen LogP contribution is 2.10. The van der Waals surface area contributed by atoms with E-state index in [1.807, 2.05) is 12.1 Å². The summed E-state index contributed by atoms with van der Waals surface area (Å²) in [4.78, 5) is 11.8. The summed E-state index contributed by atoms with van der Waals surface area (Å²) < 4.78 is 13.4. The molecule has 0 spiro atoms. The van der Waals surface area contributed by atoms with Crippen LogP contribution in [-0.4, -0.2) is 19.0 Å². The van der Waals surface area contributed by atoms with E-state index in [2.05, 4.69) is 29.7 Å². The molecule has 0 aromatic heterocycles. The molecule has 2 aromatic carbocycles. The van der Waals surface area contributed by atoms with E-state index in [0.29, 0.717) is 31.5 Å². The lowest BCUT2D eigenvalue weighted by Crippen LogP contribution is -2.27. The number of hydrogen-bond donors (Lipinski definition) is 2. The maximum Gasteiger partial charge on any atom is 0.221 e. The first-order chi connectivity index (χ1) is 11.2. The number of halogens is 1. The predicted octanol–water partition coefficient (Wildman–Crippen LogP) is 3.55. The zero-order chi connectivity index (χ0) is 16.5. The van der Waals surface area contributed by atoms with Gasteiger partial charge in [0, 0.05) is 25.2 Å². The first kappa shape index (κ1) is 17.0. The van der Waals surface area contributed by atoms with E-state index in [0.717, 1.165) is 12.1 Å². The van der Waals surface area contributed by atoms with Gasteiger partial charge in [0.1, 0.15) is 5.82 Å². The Balaban J connectivity index is 1.64. The molecule has 0 atom stereocenters. The lowest BCUT2D eigenvalue weighted by Gasteiger charge is -2.08. The second kappa shape index (κ2) is 8.93. The molecule has 0 radical (unpaired) electrons. The zero-order valence-corrected chi connectivity index (χ0v) is 13.4. The summed E-state index contributed by atoms with van der Waals surface area (Å²) in [5.74, 6) is -0.252. The third-order valence-corrected chi connectivity index (χ3v) is 3.72. The molecule has 122 valence electrons. The molecule has 0 bridgehead atoms. The van der Waals surface area contributed by atoms with Gasteiger partial charge in [-0.3, -0.25) is 4.79 Å². The summed E-state index contributed by atoms with van der Waals surface area (Å²) in [5.41, 5.74) is 2.93. The molecular weight excluding hydrogens is 291 g/mol. The number of anilines is 1. The second-order valence-corrected chi connectivity index (χ2v) is 5.42. The number of hydrogen-bond acceptors (Lipinski definition) is 2. The van der Waals surface area contributed by atoms with Crippen molar-refractivity contribution in [3.05, 3.63) is 65.5 Å². The van der Waals surface area contributed by atoms with E-state index >= 15 is 0 Å². The smallest absolute Gasteiger partial charge is 0.221 e. The van der Waals surface area contributed by atoms with Crippen LogP contribution in [0.2, 0.25) is 0 Å². The van der Waals surface area contributed by atoms with Crippen molar-refractivity contribution in [3.63, 3.8) is 0 Å². The van der Waals surface area contributed by atoms with Crippen LogP contribution in [0.4, 0.5) is 10.1 Å². The third kappa shape index (κ3) is 5.74. The summed E-state index contributed by atoms with van der Waals surface area (Å²) in [6.07, 6.45) is 1.92. The average molecular weight is 314 g/mol. The van der Waals surface area contributed by atoms with Gasteiger partial charge in [0.2, 0.25) is 5.91 Å². The molecule has 0 aliphatic carbocycles. The molecule has 0 fully saturated rings. The molecule has 23 heavy (non-hydrogen) atoms. The van der Waals surface area contributed by atoms with Gasteiger partial charge in [0.25, 0.3) is 0 Å². The monoisotopic (exact) mass is 314 g/mol. The number of nitrogens with one attached hydrogen (secondary N) is 2. The molecule has 2 rings (SSSR count). The SMILES string of the molecule is CCc1ccc(NCCC(=O)NCCc2ccccc2F)cc1. The van der Waals surface area contributed by atoms with Gasteiger partial charge in [-0.1, -0.05) is 37.3 Å². The Labute approximate surface area is 136 Å². The van der Waals surface area contributed by atoms with Crippen molar-refractivity contribution in [1.29, 1.82) is 0 Å². The van der Waals surface area contributed by atoms with Crippen LogP contribution in [-0.2, 0) is 17.6 Å². The molecule has 2 aromatic rings. The summed E-state index contributed by atoms with van der Waals surface area (Å²) >= 11 is 0. The van der Waals surface area contributed by atoms with Gasteiger partial charge in [-0.2, -0.15) is 0 Å². The van der Waals surface area contributed by atoms with E-state index in [4.69, 9.17) is 0 Å². The van der Waals surface area contributed by atoms with Crippen LogP contribution in [0, 0.1) is 5.82 Å². The van der Waals surface area contributed by atoms with Crippen LogP contribution in [0.1, 0.15) is 24.5 Å². The Morgan fingerprint density at radius 2 is 1.78 bits per heavy atom. The minimum Gasteiger partial charge on any atom is -0.385 e. The maximum atomic E-state index is 13.4. The van der Waals surface area contributed by atoms with Crippen LogP contribution in [0.15, 0.2) is 48.5 Å². The van der Waals surface area contributed by atoms with Crippen molar-refractivity contribution in [2.45, 2.75) is 26.2 Å². The third-order valence-electron chi connectivity index (χ3n) is 3.72. The van der Waals surface area contributed by atoms with Crippen molar-refractivity contribution in [3.8, 4) is 0 Å². The van der Waals surface area contributed by atoms with Gasteiger partial charge in [0.15, 0.2) is 0 Å². The van der Waals surface area contributed by atoms with E-state index < -0.39 is 0 Å². The molecule has 0 saturated carbocycles. The zero-order valence-electron chi connectivity index (χ0n) is 13.4. The van der Waals surface area contributed by atoms with Crippen molar-refractivity contribution in [1.82, 2.24) is 5.32 Å². The van der Waals surface area contributed by atoms with Gasteiger partial charge in [-0.05, 0) is 42.2 Å². The van der Waals surface area contributed by atoms with Crippen molar-refractivity contribution >= 4 is 11.6 Å². The average Bonchev–Trinajstić information content (AvgIpc) is 2.57. The van der Waals surface area contributed by atoms with Crippen LogP contribution < -0.4 is 10.6 Å². The van der Waals surface area contributed by atoms with Crippen LogP contribution in [0.5, 0.6) is 0 Å². The Hall–Kier alpha value is -2.36. The summed E-state index contributed by atoms with van der Waals surface area (Å²) in [6, 6.07) is 14.8. The molecule has 0 unspecified atom stereocenters. The molecular formula is C19H23FN2O. The topological polar surface area (TPSA) is 41.1 Å². The Morgan fingerprint density at radius 1 is 1.04 bits per heavy atom. The molecule has 0 aliphatic rings. The van der Waals surface area contributed by atoms with E-state index in [1.54, 1.807) is 18.2 Å². The normalized spacial score (nSPS) is 10.3. The fraction of sp³-hybridized carbons (Fsp3) is 0.316. The number of carbonyl (C=O) groups is 1. The fourth-order valence-corrected chi connectivity index (χ4v) is 2.30. The van der Waals surface area contributed by atoms with Crippen molar-refractivity contribution < 1.29 is 9.18 Å². The molecule has 4 heteroatoms. The number of benzene rings is 2. The van der Waals surface area contributed by atoms with Crippen molar-refractivity contribution in [2.24, 2.45) is 0 Å². The van der Waals surface area contributed by atoms with Gasteiger partial charge < -0.3 is 10.6 Å². The van der Waals surface area contributed by atoms with E-state index in [-0.39, 0.29) is 11.7 Å². The van der Waals surface area contributed by atoms with Crippen LogP contribution in [0.3, 0.4) is 0 Å². The molecule has 0 saturated heterocycles. The first-order valence-corrected chi connectivity index (χ1v) is 8.02. The molecule has 3 nitrogen and oxygen atoms in total. The summed E-state index contributed by atoms with van der Waals surface area (Å²) in [7, 11) is 0. The number of rotatable bonds is 8. The van der Waals surface area contributed by atoms with Crippen LogP contribution >= 0.6 is 0 Å². The summed E-state index contributed by atoms with van der Waals surface area (Å²) in [5, 5.41) is 6.04. The Bertz CT molecular complexity index is 626. The Kier molecular flexibility index (Phi) is 6.60. The fourth-order valence-electron chi connectivity index (χ4n) is 2.30. The number of carbonyl (C=O) groups excluding carboxylic acids is 1.